The number of hydrogen-bond donors (Lipinski definition) is 2. The quantitative estimate of drug-likeness (QED) is 0.797. The second kappa shape index (κ2) is 4.43. The molecule has 1 heterocycles. The largest absolute Gasteiger partial charge is 0.399 e. The maximum atomic E-state index is 11.4. The minimum atomic E-state index is -0.561. The molecule has 2 aromatic rings. The van der Waals surface area contributed by atoms with Gasteiger partial charge >= 0.3 is 0 Å². The zero-order valence-electron chi connectivity index (χ0n) is 8.85. The molecule has 0 unspecified atom stereocenters. The van der Waals surface area contributed by atoms with E-state index in [4.69, 9.17) is 23.1 Å². The molecule has 1 aromatic carbocycles. The van der Waals surface area contributed by atoms with E-state index in [0.29, 0.717) is 27.5 Å². The van der Waals surface area contributed by atoms with E-state index >= 15 is 0 Å². The highest BCUT2D eigenvalue weighted by Gasteiger charge is 2.13. The van der Waals surface area contributed by atoms with Gasteiger partial charge in [0.15, 0.2) is 0 Å². The van der Waals surface area contributed by atoms with Gasteiger partial charge < -0.3 is 11.5 Å². The van der Waals surface area contributed by atoms with Crippen LogP contribution in [-0.2, 0) is 0 Å². The topological polar surface area (TPSA) is 82.0 Å². The van der Waals surface area contributed by atoms with Crippen LogP contribution in [0.3, 0.4) is 0 Å². The number of nitrogen functional groups attached to an aromatic ring is 1. The molecule has 0 aliphatic rings. The first-order valence-electron chi connectivity index (χ1n) is 4.90. The Bertz CT molecular complexity index is 584. The van der Waals surface area contributed by atoms with Gasteiger partial charge in [-0.05, 0) is 30.3 Å². The normalized spacial score (nSPS) is 10.2. The Labute approximate surface area is 103 Å². The van der Waals surface area contributed by atoms with Crippen LogP contribution in [0.5, 0.6) is 0 Å². The maximum absolute atomic E-state index is 11.4. The van der Waals surface area contributed by atoms with Crippen LogP contribution < -0.4 is 11.5 Å². The number of nitrogens with two attached hydrogens (primary N) is 2. The van der Waals surface area contributed by atoms with Crippen LogP contribution in [0.2, 0.25) is 5.02 Å². The van der Waals surface area contributed by atoms with E-state index < -0.39 is 5.91 Å². The minimum absolute atomic E-state index is 0.311. The molecule has 86 valence electrons. The van der Waals surface area contributed by atoms with Crippen LogP contribution in [0.25, 0.3) is 11.3 Å². The fraction of sp³-hybridized carbons (Fsp3) is 0. The number of aromatic nitrogens is 1. The van der Waals surface area contributed by atoms with Crippen molar-refractivity contribution in [2.45, 2.75) is 0 Å². The molecular weight excluding hydrogens is 238 g/mol. The Kier molecular flexibility index (Phi) is 2.97. The summed E-state index contributed by atoms with van der Waals surface area (Å²) in [5.74, 6) is -0.561. The molecule has 0 atom stereocenters. The van der Waals surface area contributed by atoms with Crippen molar-refractivity contribution < 1.29 is 4.79 Å². The van der Waals surface area contributed by atoms with Crippen LogP contribution in [-0.4, -0.2) is 10.9 Å². The predicted molar refractivity (Wildman–Crippen MR) is 67.6 cm³/mol. The summed E-state index contributed by atoms with van der Waals surface area (Å²) in [7, 11) is 0. The molecule has 1 aromatic heterocycles. The Morgan fingerprint density at radius 2 is 2.06 bits per heavy atom. The smallest absolute Gasteiger partial charge is 0.249 e. The van der Waals surface area contributed by atoms with E-state index in [9.17, 15) is 4.79 Å². The lowest BCUT2D eigenvalue weighted by Gasteiger charge is -2.08. The summed E-state index contributed by atoms with van der Waals surface area (Å²) < 4.78 is 0. The number of rotatable bonds is 2. The van der Waals surface area contributed by atoms with Crippen LogP contribution in [0.4, 0.5) is 5.69 Å². The van der Waals surface area contributed by atoms with Crippen molar-refractivity contribution in [2.24, 2.45) is 5.73 Å². The zero-order chi connectivity index (χ0) is 12.4. The van der Waals surface area contributed by atoms with Gasteiger partial charge in [0.2, 0.25) is 5.91 Å². The van der Waals surface area contributed by atoms with Gasteiger partial charge in [0.1, 0.15) is 0 Å². The fourth-order valence-corrected chi connectivity index (χ4v) is 1.78. The van der Waals surface area contributed by atoms with Crippen LogP contribution >= 0.6 is 11.6 Å². The van der Waals surface area contributed by atoms with E-state index in [-0.39, 0.29) is 0 Å². The average molecular weight is 248 g/mol. The van der Waals surface area contributed by atoms with Gasteiger partial charge in [-0.25, -0.2) is 0 Å². The summed E-state index contributed by atoms with van der Waals surface area (Å²) >= 11 is 6.03. The standard InChI is InChI=1S/C12H10ClN3O/c13-10-2-1-5-16-11(10)8-4-3-7(14)6-9(8)12(15)17/h1-6H,14H2,(H2,15,17). The van der Waals surface area contributed by atoms with Crippen molar-refractivity contribution in [3.05, 3.63) is 47.1 Å². The molecule has 5 heteroatoms. The molecule has 0 saturated heterocycles. The van der Waals surface area contributed by atoms with Gasteiger partial charge in [-0.3, -0.25) is 9.78 Å². The van der Waals surface area contributed by atoms with Crippen molar-refractivity contribution in [3.8, 4) is 11.3 Å². The lowest BCUT2D eigenvalue weighted by atomic mass is 10.0. The highest BCUT2D eigenvalue weighted by atomic mass is 35.5. The number of hydrogen-bond acceptors (Lipinski definition) is 3. The number of benzene rings is 1. The number of carbonyl (C=O) groups excluding carboxylic acids is 1. The summed E-state index contributed by atoms with van der Waals surface area (Å²) in [6.07, 6.45) is 1.60. The summed E-state index contributed by atoms with van der Waals surface area (Å²) in [6, 6.07) is 8.29. The van der Waals surface area contributed by atoms with E-state index in [1.54, 1.807) is 30.5 Å². The van der Waals surface area contributed by atoms with Gasteiger partial charge in [0.25, 0.3) is 0 Å². The van der Waals surface area contributed by atoms with E-state index in [2.05, 4.69) is 4.98 Å². The zero-order valence-corrected chi connectivity index (χ0v) is 9.61. The minimum Gasteiger partial charge on any atom is -0.399 e. The van der Waals surface area contributed by atoms with Gasteiger partial charge in [0.05, 0.1) is 16.3 Å². The molecule has 0 radical (unpaired) electrons. The molecule has 0 fully saturated rings. The van der Waals surface area contributed by atoms with Crippen LogP contribution in [0, 0.1) is 0 Å². The number of primary amides is 1. The number of anilines is 1. The molecule has 0 aliphatic carbocycles. The third-order valence-electron chi connectivity index (χ3n) is 2.32. The first kappa shape index (κ1) is 11.4. The third-order valence-corrected chi connectivity index (χ3v) is 2.63. The number of nitrogens with zero attached hydrogens (tertiary/aromatic N) is 1. The molecule has 0 saturated carbocycles. The van der Waals surface area contributed by atoms with Gasteiger partial charge in [0, 0.05) is 17.4 Å². The lowest BCUT2D eigenvalue weighted by Crippen LogP contribution is -2.13. The lowest BCUT2D eigenvalue weighted by molar-refractivity contribution is 0.100. The van der Waals surface area contributed by atoms with Crippen molar-refractivity contribution in [1.82, 2.24) is 4.98 Å². The van der Waals surface area contributed by atoms with Crippen molar-refractivity contribution in [1.29, 1.82) is 0 Å². The Morgan fingerprint density at radius 1 is 1.29 bits per heavy atom. The van der Waals surface area contributed by atoms with Crippen molar-refractivity contribution in [2.75, 3.05) is 5.73 Å². The van der Waals surface area contributed by atoms with Gasteiger partial charge in [-0.1, -0.05) is 11.6 Å². The molecule has 17 heavy (non-hydrogen) atoms. The molecule has 4 N–H and O–H groups in total. The Morgan fingerprint density at radius 3 is 2.71 bits per heavy atom. The van der Waals surface area contributed by atoms with E-state index in [1.165, 1.54) is 6.07 Å². The summed E-state index contributed by atoms with van der Waals surface area (Å²) in [4.78, 5) is 15.5. The average Bonchev–Trinajstić information content (AvgIpc) is 2.30. The SMILES string of the molecule is NC(=O)c1cc(N)ccc1-c1ncccc1Cl. The van der Waals surface area contributed by atoms with Crippen molar-refractivity contribution >= 4 is 23.2 Å². The molecule has 2 rings (SSSR count). The van der Waals surface area contributed by atoms with Gasteiger partial charge in [-0.2, -0.15) is 0 Å². The van der Waals surface area contributed by atoms with Gasteiger partial charge in [-0.15, -0.1) is 0 Å². The number of amides is 1. The maximum Gasteiger partial charge on any atom is 0.249 e. The summed E-state index contributed by atoms with van der Waals surface area (Å²) in [5, 5.41) is 0.458. The third kappa shape index (κ3) is 2.21. The first-order valence-corrected chi connectivity index (χ1v) is 5.27. The van der Waals surface area contributed by atoms with Crippen LogP contribution in [0.15, 0.2) is 36.5 Å². The molecule has 4 nitrogen and oxygen atoms in total. The second-order valence-electron chi connectivity index (χ2n) is 3.50. The first-order chi connectivity index (χ1) is 8.09. The summed E-state index contributed by atoms with van der Waals surface area (Å²) in [6.45, 7) is 0. The molecule has 0 aliphatic heterocycles. The predicted octanol–water partition coefficient (Wildman–Crippen LogP) is 2.08. The van der Waals surface area contributed by atoms with Crippen molar-refractivity contribution in [3.63, 3.8) is 0 Å². The highest BCUT2D eigenvalue weighted by Crippen LogP contribution is 2.29. The highest BCUT2D eigenvalue weighted by molar-refractivity contribution is 6.33. The number of carbonyl (C=O) groups is 1. The molecule has 0 spiro atoms. The van der Waals surface area contributed by atoms with E-state index in [1.807, 2.05) is 0 Å². The Hall–Kier alpha value is -2.07. The van der Waals surface area contributed by atoms with Crippen LogP contribution in [0.1, 0.15) is 10.4 Å². The molecule has 1 amide bonds. The summed E-state index contributed by atoms with van der Waals surface area (Å²) in [5.41, 5.74) is 12.8. The monoisotopic (exact) mass is 247 g/mol. The van der Waals surface area contributed by atoms with E-state index in [0.717, 1.165) is 0 Å². The molecular formula is C12H10ClN3O. The Balaban J connectivity index is 2.68. The molecule has 0 bridgehead atoms. The number of halogens is 1. The number of pyridine rings is 1. The fourth-order valence-electron chi connectivity index (χ4n) is 1.56. The second-order valence-corrected chi connectivity index (χ2v) is 3.91.